The molecule has 0 amide bonds. The van der Waals surface area contributed by atoms with E-state index in [1.54, 1.807) is 0 Å². The molecule has 1 aromatic carbocycles. The fourth-order valence-corrected chi connectivity index (χ4v) is 3.70. The number of aliphatic hydroxyl groups is 1. The molecule has 2 heterocycles. The summed E-state index contributed by atoms with van der Waals surface area (Å²) in [5.41, 5.74) is 3.18. The largest absolute Gasteiger partial charge is 0.395 e. The lowest BCUT2D eigenvalue weighted by Gasteiger charge is -2.50. The minimum absolute atomic E-state index is 0.169. The highest BCUT2D eigenvalue weighted by Crippen LogP contribution is 2.41. The number of aliphatic hydroxyl groups excluding tert-OH is 1. The zero-order chi connectivity index (χ0) is 12.4. The lowest BCUT2D eigenvalue weighted by molar-refractivity contribution is 0.0286. The van der Waals surface area contributed by atoms with Gasteiger partial charge in [-0.1, -0.05) is 24.3 Å². The Labute approximate surface area is 109 Å². The van der Waals surface area contributed by atoms with Gasteiger partial charge in [-0.2, -0.15) is 0 Å². The minimum atomic E-state index is 0.169. The van der Waals surface area contributed by atoms with Gasteiger partial charge >= 0.3 is 0 Å². The van der Waals surface area contributed by atoms with Crippen molar-refractivity contribution >= 4 is 0 Å². The summed E-state index contributed by atoms with van der Waals surface area (Å²) < 4.78 is 0. The first-order valence-electron chi connectivity index (χ1n) is 7.02. The Balaban J connectivity index is 2.02. The van der Waals surface area contributed by atoms with E-state index < -0.39 is 0 Å². The van der Waals surface area contributed by atoms with Gasteiger partial charge in [0.1, 0.15) is 0 Å². The molecule has 1 fully saturated rings. The molecule has 2 N–H and O–H groups in total. The third-order valence-electron chi connectivity index (χ3n) is 4.58. The Bertz CT molecular complexity index is 413. The quantitative estimate of drug-likeness (QED) is 0.821. The standard InChI is InChI=1S/C15H22N2O/c18-12-11-17-10-5-13-3-1-2-4-14(13)15(17)6-8-16-9-7-15/h1-4,16,18H,5-12H2. The summed E-state index contributed by atoms with van der Waals surface area (Å²) >= 11 is 0. The van der Waals surface area contributed by atoms with Crippen LogP contribution in [0.5, 0.6) is 0 Å². The van der Waals surface area contributed by atoms with Crippen LogP contribution in [-0.4, -0.2) is 42.8 Å². The molecule has 1 aromatic rings. The van der Waals surface area contributed by atoms with Crippen molar-refractivity contribution in [3.8, 4) is 0 Å². The van der Waals surface area contributed by atoms with Gasteiger partial charge in [-0.3, -0.25) is 4.90 Å². The van der Waals surface area contributed by atoms with Gasteiger partial charge in [0, 0.05) is 18.6 Å². The number of hydrogen-bond donors (Lipinski definition) is 2. The van der Waals surface area contributed by atoms with Gasteiger partial charge in [0.2, 0.25) is 0 Å². The van der Waals surface area contributed by atoms with Crippen molar-refractivity contribution in [2.24, 2.45) is 0 Å². The molecule has 18 heavy (non-hydrogen) atoms. The fourth-order valence-electron chi connectivity index (χ4n) is 3.70. The van der Waals surface area contributed by atoms with Crippen molar-refractivity contribution in [1.82, 2.24) is 10.2 Å². The lowest BCUT2D eigenvalue weighted by atomic mass is 9.74. The van der Waals surface area contributed by atoms with Crippen molar-refractivity contribution in [2.75, 3.05) is 32.8 Å². The number of β-amino-alcohol motifs (C(OH)–C–C–N with tert-alkyl or cyclic N) is 1. The van der Waals surface area contributed by atoms with Crippen molar-refractivity contribution in [2.45, 2.75) is 24.8 Å². The number of benzene rings is 1. The predicted molar refractivity (Wildman–Crippen MR) is 72.6 cm³/mol. The zero-order valence-corrected chi connectivity index (χ0v) is 10.9. The molecule has 0 atom stereocenters. The molecular formula is C15H22N2O. The molecule has 1 spiro atoms. The molecule has 98 valence electrons. The molecule has 0 radical (unpaired) electrons. The minimum Gasteiger partial charge on any atom is -0.395 e. The van der Waals surface area contributed by atoms with Gasteiger partial charge in [-0.15, -0.1) is 0 Å². The number of piperidine rings is 1. The number of rotatable bonds is 2. The van der Waals surface area contributed by atoms with E-state index in [2.05, 4.69) is 34.5 Å². The summed E-state index contributed by atoms with van der Waals surface area (Å²) in [4.78, 5) is 2.51. The molecule has 0 aliphatic carbocycles. The molecule has 3 heteroatoms. The van der Waals surface area contributed by atoms with Crippen molar-refractivity contribution in [3.05, 3.63) is 35.4 Å². The van der Waals surface area contributed by atoms with E-state index in [0.717, 1.165) is 45.4 Å². The average molecular weight is 246 g/mol. The molecule has 2 aliphatic rings. The summed E-state index contributed by atoms with van der Waals surface area (Å²) in [6, 6.07) is 8.87. The van der Waals surface area contributed by atoms with Crippen LogP contribution in [0.2, 0.25) is 0 Å². The lowest BCUT2D eigenvalue weighted by Crippen LogP contribution is -2.56. The van der Waals surface area contributed by atoms with Gasteiger partial charge in [-0.25, -0.2) is 0 Å². The highest BCUT2D eigenvalue weighted by Gasteiger charge is 2.42. The summed E-state index contributed by atoms with van der Waals surface area (Å²) in [6.45, 7) is 4.30. The summed E-state index contributed by atoms with van der Waals surface area (Å²) in [5, 5.41) is 12.8. The number of hydrogen-bond acceptors (Lipinski definition) is 3. The SMILES string of the molecule is OCCN1CCc2ccccc2C12CCNCC2. The number of nitrogens with zero attached hydrogens (tertiary/aromatic N) is 1. The summed E-state index contributed by atoms with van der Waals surface area (Å²) in [7, 11) is 0. The average Bonchev–Trinajstić information content (AvgIpc) is 2.44. The van der Waals surface area contributed by atoms with Crippen molar-refractivity contribution < 1.29 is 5.11 Å². The second-order valence-electron chi connectivity index (χ2n) is 5.40. The van der Waals surface area contributed by atoms with Crippen molar-refractivity contribution in [3.63, 3.8) is 0 Å². The molecule has 0 saturated carbocycles. The Morgan fingerprint density at radius 2 is 2.00 bits per heavy atom. The van der Waals surface area contributed by atoms with Crippen LogP contribution in [-0.2, 0) is 12.0 Å². The summed E-state index contributed by atoms with van der Waals surface area (Å²) in [6.07, 6.45) is 3.43. The monoisotopic (exact) mass is 246 g/mol. The number of nitrogens with one attached hydrogen (secondary N) is 1. The third-order valence-corrected chi connectivity index (χ3v) is 4.58. The van der Waals surface area contributed by atoms with Crippen LogP contribution in [0.25, 0.3) is 0 Å². The van der Waals surface area contributed by atoms with Crippen LogP contribution < -0.4 is 5.32 Å². The molecular weight excluding hydrogens is 224 g/mol. The molecule has 3 rings (SSSR count). The molecule has 1 saturated heterocycles. The highest BCUT2D eigenvalue weighted by atomic mass is 16.3. The van der Waals surface area contributed by atoms with E-state index in [4.69, 9.17) is 0 Å². The zero-order valence-electron chi connectivity index (χ0n) is 10.9. The van der Waals surface area contributed by atoms with Crippen LogP contribution in [0.3, 0.4) is 0 Å². The van der Waals surface area contributed by atoms with Crippen LogP contribution in [0, 0.1) is 0 Å². The second kappa shape index (κ2) is 5.00. The number of fused-ring (bicyclic) bond motifs is 2. The van der Waals surface area contributed by atoms with Gasteiger partial charge < -0.3 is 10.4 Å². The molecule has 0 aromatic heterocycles. The molecule has 0 bridgehead atoms. The Kier molecular flexibility index (Phi) is 3.37. The Hall–Kier alpha value is -0.900. The van der Waals surface area contributed by atoms with Gasteiger partial charge in [-0.05, 0) is 43.5 Å². The van der Waals surface area contributed by atoms with Crippen LogP contribution in [0.15, 0.2) is 24.3 Å². The smallest absolute Gasteiger partial charge is 0.0558 e. The molecule has 2 aliphatic heterocycles. The van der Waals surface area contributed by atoms with Gasteiger partial charge in [0.05, 0.1) is 6.61 Å². The topological polar surface area (TPSA) is 35.5 Å². The predicted octanol–water partition coefficient (Wildman–Crippen LogP) is 1.12. The molecule has 3 nitrogen and oxygen atoms in total. The van der Waals surface area contributed by atoms with Crippen molar-refractivity contribution in [1.29, 1.82) is 0 Å². The van der Waals surface area contributed by atoms with E-state index in [0.29, 0.717) is 0 Å². The summed E-state index contributed by atoms with van der Waals surface area (Å²) in [5.74, 6) is 0. The van der Waals surface area contributed by atoms with Gasteiger partial charge in [0.15, 0.2) is 0 Å². The second-order valence-corrected chi connectivity index (χ2v) is 5.40. The van der Waals surface area contributed by atoms with Crippen LogP contribution >= 0.6 is 0 Å². The Morgan fingerprint density at radius 3 is 2.78 bits per heavy atom. The maximum Gasteiger partial charge on any atom is 0.0558 e. The van der Waals surface area contributed by atoms with Crippen LogP contribution in [0.4, 0.5) is 0 Å². The van der Waals surface area contributed by atoms with Gasteiger partial charge in [0.25, 0.3) is 0 Å². The first-order chi connectivity index (χ1) is 8.87. The third kappa shape index (κ3) is 1.87. The van der Waals surface area contributed by atoms with E-state index in [-0.39, 0.29) is 12.1 Å². The van der Waals surface area contributed by atoms with E-state index >= 15 is 0 Å². The van der Waals surface area contributed by atoms with E-state index in [9.17, 15) is 5.11 Å². The first kappa shape index (κ1) is 12.2. The van der Waals surface area contributed by atoms with E-state index in [1.165, 1.54) is 11.1 Å². The fraction of sp³-hybridized carbons (Fsp3) is 0.600. The van der Waals surface area contributed by atoms with E-state index in [1.807, 2.05) is 0 Å². The maximum atomic E-state index is 9.32. The van der Waals surface area contributed by atoms with Crippen LogP contribution in [0.1, 0.15) is 24.0 Å². The normalized spacial score (nSPS) is 22.9. The maximum absolute atomic E-state index is 9.32. The highest BCUT2D eigenvalue weighted by molar-refractivity contribution is 5.37. The molecule has 0 unspecified atom stereocenters. The first-order valence-corrected chi connectivity index (χ1v) is 7.02. The Morgan fingerprint density at radius 1 is 1.22 bits per heavy atom.